The van der Waals surface area contributed by atoms with E-state index >= 15 is 0 Å². The summed E-state index contributed by atoms with van der Waals surface area (Å²) < 4.78 is 9.88. The number of esters is 1. The average Bonchev–Trinajstić information content (AvgIpc) is 2.79. The molecule has 0 bridgehead atoms. The molecule has 0 amide bonds. The van der Waals surface area contributed by atoms with E-state index < -0.39 is 5.97 Å². The lowest BCUT2D eigenvalue weighted by Crippen LogP contribution is -2.04. The lowest BCUT2D eigenvalue weighted by atomic mass is 10.4. The minimum absolute atomic E-state index is 0.137. The minimum Gasteiger partial charge on any atom is -0.461 e. The number of nitrogens with zero attached hydrogens (tertiary/aromatic N) is 2. The van der Waals surface area contributed by atoms with E-state index in [1.807, 2.05) is 0 Å². The summed E-state index contributed by atoms with van der Waals surface area (Å²) in [4.78, 5) is 19.2. The molecule has 2 aromatic rings. The van der Waals surface area contributed by atoms with Gasteiger partial charge in [-0.05, 0) is 19.1 Å². The zero-order valence-corrected chi connectivity index (χ0v) is 9.21. The summed E-state index contributed by atoms with van der Waals surface area (Å²) in [7, 11) is 0. The lowest BCUT2D eigenvalue weighted by molar-refractivity contribution is 0.0519. The third-order valence-electron chi connectivity index (χ3n) is 1.90. The Balaban J connectivity index is 2.06. The lowest BCUT2D eigenvalue weighted by Gasteiger charge is -1.98. The highest BCUT2D eigenvalue weighted by atomic mass is 16.5. The van der Waals surface area contributed by atoms with Gasteiger partial charge in [-0.25, -0.2) is 4.79 Å². The van der Waals surface area contributed by atoms with Crippen molar-refractivity contribution in [3.63, 3.8) is 0 Å². The first-order chi connectivity index (χ1) is 8.29. The number of carbonyl (C=O) groups is 1. The van der Waals surface area contributed by atoms with Crippen LogP contribution in [0, 0.1) is 0 Å². The second-order valence-electron chi connectivity index (χ2n) is 3.13. The molecule has 2 heterocycles. The van der Waals surface area contributed by atoms with Gasteiger partial charge in [0.15, 0.2) is 5.69 Å². The fourth-order valence-electron chi connectivity index (χ4n) is 1.19. The number of hydrogen-bond acceptors (Lipinski definition) is 6. The van der Waals surface area contributed by atoms with Gasteiger partial charge in [0.2, 0.25) is 0 Å². The van der Waals surface area contributed by atoms with Crippen LogP contribution in [-0.2, 0) is 4.74 Å². The first kappa shape index (κ1) is 11.1. The van der Waals surface area contributed by atoms with Crippen molar-refractivity contribution in [2.24, 2.45) is 0 Å². The molecule has 0 saturated heterocycles. The van der Waals surface area contributed by atoms with E-state index in [1.54, 1.807) is 31.5 Å². The molecule has 1 N–H and O–H groups in total. The number of ether oxygens (including phenoxy) is 1. The van der Waals surface area contributed by atoms with Gasteiger partial charge in [0, 0.05) is 6.20 Å². The van der Waals surface area contributed by atoms with Crippen LogP contribution in [0.5, 0.6) is 0 Å². The summed E-state index contributed by atoms with van der Waals surface area (Å²) in [6.07, 6.45) is 4.52. The summed E-state index contributed by atoms with van der Waals surface area (Å²) in [5.74, 6) is -0.504. The predicted octanol–water partition coefficient (Wildman–Crippen LogP) is 1.99. The maximum Gasteiger partial charge on any atom is 0.360 e. The van der Waals surface area contributed by atoms with E-state index in [0.717, 1.165) is 5.69 Å². The Morgan fingerprint density at radius 2 is 2.47 bits per heavy atom. The van der Waals surface area contributed by atoms with Crippen LogP contribution in [0.1, 0.15) is 17.4 Å². The zero-order chi connectivity index (χ0) is 12.1. The van der Waals surface area contributed by atoms with Crippen LogP contribution in [0.4, 0.5) is 11.7 Å². The second-order valence-corrected chi connectivity index (χ2v) is 3.13. The predicted molar refractivity (Wildman–Crippen MR) is 60.0 cm³/mol. The number of aromatic nitrogens is 2. The van der Waals surface area contributed by atoms with Gasteiger partial charge in [-0.1, -0.05) is 0 Å². The first-order valence-corrected chi connectivity index (χ1v) is 5.09. The highest BCUT2D eigenvalue weighted by Crippen LogP contribution is 2.14. The van der Waals surface area contributed by atoms with Gasteiger partial charge in [-0.15, -0.1) is 0 Å². The Morgan fingerprint density at radius 3 is 3.18 bits per heavy atom. The van der Waals surface area contributed by atoms with E-state index in [2.05, 4.69) is 15.3 Å². The van der Waals surface area contributed by atoms with Gasteiger partial charge in [-0.3, -0.25) is 4.98 Å². The van der Waals surface area contributed by atoms with Gasteiger partial charge in [0.1, 0.15) is 6.26 Å². The molecule has 0 aliphatic rings. The third-order valence-corrected chi connectivity index (χ3v) is 1.90. The number of oxazole rings is 1. The molecular weight excluding hydrogens is 222 g/mol. The highest BCUT2D eigenvalue weighted by molar-refractivity contribution is 5.87. The molecule has 0 aromatic carbocycles. The van der Waals surface area contributed by atoms with Crippen LogP contribution < -0.4 is 5.32 Å². The van der Waals surface area contributed by atoms with Gasteiger partial charge < -0.3 is 14.5 Å². The molecule has 17 heavy (non-hydrogen) atoms. The number of anilines is 2. The third kappa shape index (κ3) is 2.81. The van der Waals surface area contributed by atoms with Crippen LogP contribution in [0.2, 0.25) is 0 Å². The molecule has 0 aliphatic heterocycles. The smallest absolute Gasteiger partial charge is 0.360 e. The van der Waals surface area contributed by atoms with Gasteiger partial charge in [-0.2, -0.15) is 4.98 Å². The fourth-order valence-corrected chi connectivity index (χ4v) is 1.19. The van der Waals surface area contributed by atoms with Crippen molar-refractivity contribution in [2.45, 2.75) is 6.92 Å². The summed E-state index contributed by atoms with van der Waals surface area (Å²) in [6, 6.07) is 3.81. The molecule has 6 heteroatoms. The zero-order valence-electron chi connectivity index (χ0n) is 9.21. The molecule has 0 fully saturated rings. The van der Waals surface area contributed by atoms with E-state index in [-0.39, 0.29) is 11.7 Å². The second kappa shape index (κ2) is 5.11. The Hall–Kier alpha value is -2.37. The van der Waals surface area contributed by atoms with Crippen molar-refractivity contribution < 1.29 is 13.9 Å². The molecule has 0 atom stereocenters. The Bertz CT molecular complexity index is 496. The largest absolute Gasteiger partial charge is 0.461 e. The molecule has 0 unspecified atom stereocenters. The maximum absolute atomic E-state index is 11.3. The normalized spacial score (nSPS) is 9.94. The van der Waals surface area contributed by atoms with Crippen molar-refractivity contribution in [1.82, 2.24) is 9.97 Å². The van der Waals surface area contributed by atoms with Gasteiger partial charge >= 0.3 is 5.97 Å². The summed E-state index contributed by atoms with van der Waals surface area (Å²) >= 11 is 0. The molecule has 0 radical (unpaired) electrons. The number of carbonyl (C=O) groups excluding carboxylic acids is 1. The van der Waals surface area contributed by atoms with E-state index in [4.69, 9.17) is 9.15 Å². The van der Waals surface area contributed by atoms with Crippen molar-refractivity contribution in [3.05, 3.63) is 36.5 Å². The first-order valence-electron chi connectivity index (χ1n) is 5.09. The van der Waals surface area contributed by atoms with Crippen LogP contribution in [0.15, 0.2) is 35.2 Å². The van der Waals surface area contributed by atoms with Crippen LogP contribution in [0.25, 0.3) is 0 Å². The highest BCUT2D eigenvalue weighted by Gasteiger charge is 2.12. The summed E-state index contributed by atoms with van der Waals surface area (Å²) in [5.41, 5.74) is 0.864. The summed E-state index contributed by atoms with van der Waals surface area (Å²) in [6.45, 7) is 2.03. The molecule has 2 aromatic heterocycles. The maximum atomic E-state index is 11.3. The van der Waals surface area contributed by atoms with Crippen LogP contribution in [0.3, 0.4) is 0 Å². The average molecular weight is 233 g/mol. The number of hydrogen-bond donors (Lipinski definition) is 1. The van der Waals surface area contributed by atoms with E-state index in [9.17, 15) is 4.79 Å². The van der Waals surface area contributed by atoms with Gasteiger partial charge in [0.05, 0.1) is 18.5 Å². The van der Waals surface area contributed by atoms with Crippen LogP contribution in [-0.4, -0.2) is 22.5 Å². The molecule has 6 nitrogen and oxygen atoms in total. The number of nitrogens with one attached hydrogen (secondary N) is 1. The molecule has 88 valence electrons. The standard InChI is InChI=1S/C11H11N3O3/c1-2-16-10(15)9-7-17-11(14-9)13-8-4-3-5-12-6-8/h3-7H,2H2,1H3,(H,13,14). The van der Waals surface area contributed by atoms with Crippen molar-refractivity contribution in [3.8, 4) is 0 Å². The molecule has 0 spiro atoms. The fraction of sp³-hybridized carbons (Fsp3) is 0.182. The van der Waals surface area contributed by atoms with Crippen molar-refractivity contribution in [2.75, 3.05) is 11.9 Å². The van der Waals surface area contributed by atoms with Crippen molar-refractivity contribution in [1.29, 1.82) is 0 Å². The molecule has 2 rings (SSSR count). The number of pyridine rings is 1. The summed E-state index contributed by atoms with van der Waals surface area (Å²) in [5, 5.41) is 2.87. The van der Waals surface area contributed by atoms with E-state index in [1.165, 1.54) is 6.26 Å². The molecular formula is C11H11N3O3. The molecule has 0 aliphatic carbocycles. The van der Waals surface area contributed by atoms with E-state index in [0.29, 0.717) is 6.61 Å². The Morgan fingerprint density at radius 1 is 1.59 bits per heavy atom. The monoisotopic (exact) mass is 233 g/mol. The minimum atomic E-state index is -0.504. The topological polar surface area (TPSA) is 77.2 Å². The molecule has 0 saturated carbocycles. The Labute approximate surface area is 97.6 Å². The van der Waals surface area contributed by atoms with Crippen LogP contribution >= 0.6 is 0 Å². The quantitative estimate of drug-likeness (QED) is 0.814. The SMILES string of the molecule is CCOC(=O)c1coc(Nc2cccnc2)n1. The number of rotatable bonds is 4. The van der Waals surface area contributed by atoms with Crippen molar-refractivity contribution >= 4 is 17.7 Å². The Kier molecular flexibility index (Phi) is 3.34. The van der Waals surface area contributed by atoms with Gasteiger partial charge in [0.25, 0.3) is 6.01 Å².